The van der Waals surface area contributed by atoms with Crippen LogP contribution in [0.4, 0.5) is 5.69 Å². The molecule has 2 heterocycles. The number of amides is 1. The maximum atomic E-state index is 12.3. The van der Waals surface area contributed by atoms with E-state index in [1.807, 2.05) is 24.3 Å². The molecule has 1 fully saturated rings. The van der Waals surface area contributed by atoms with Crippen molar-refractivity contribution in [2.75, 3.05) is 25.0 Å². The molecule has 168 valence electrons. The standard InChI is InChI=1S/C25H30N4O3/c1-19-4-2-13-28(19)14-3-15-32-24-11-7-22(8-12-24)29-18-21(17-26-29)27-25(31)16-20-5-9-23(30)10-6-20/h5-12,17-19,30H,2-4,13-16H2,1H3,(H,27,31). The number of nitrogens with one attached hydrogen (secondary N) is 1. The number of ether oxygens (including phenoxy) is 1. The number of benzene rings is 2. The van der Waals surface area contributed by atoms with E-state index < -0.39 is 0 Å². The van der Waals surface area contributed by atoms with E-state index in [0.717, 1.165) is 30.0 Å². The summed E-state index contributed by atoms with van der Waals surface area (Å²) in [6.07, 6.45) is 7.27. The van der Waals surface area contributed by atoms with Gasteiger partial charge < -0.3 is 20.1 Å². The summed E-state index contributed by atoms with van der Waals surface area (Å²) in [5.74, 6) is 0.892. The molecule has 2 N–H and O–H groups in total. The Hall–Kier alpha value is -3.32. The van der Waals surface area contributed by atoms with Crippen LogP contribution in [0.1, 0.15) is 31.7 Å². The molecule has 1 saturated heterocycles. The average molecular weight is 435 g/mol. The van der Waals surface area contributed by atoms with Gasteiger partial charge in [-0.25, -0.2) is 4.68 Å². The fourth-order valence-electron chi connectivity index (χ4n) is 4.01. The second-order valence-corrected chi connectivity index (χ2v) is 8.29. The van der Waals surface area contributed by atoms with Crippen LogP contribution in [-0.4, -0.2) is 51.4 Å². The molecule has 1 aromatic heterocycles. The van der Waals surface area contributed by atoms with Gasteiger partial charge in [0, 0.05) is 12.6 Å². The minimum atomic E-state index is -0.137. The van der Waals surface area contributed by atoms with Crippen LogP contribution in [0.25, 0.3) is 5.69 Å². The summed E-state index contributed by atoms with van der Waals surface area (Å²) in [5.41, 5.74) is 2.35. The third-order valence-electron chi connectivity index (χ3n) is 5.82. The van der Waals surface area contributed by atoms with Crippen molar-refractivity contribution in [3.63, 3.8) is 0 Å². The van der Waals surface area contributed by atoms with Crippen molar-refractivity contribution in [2.24, 2.45) is 0 Å². The number of aromatic hydroxyl groups is 1. The maximum absolute atomic E-state index is 12.3. The van der Waals surface area contributed by atoms with E-state index in [0.29, 0.717) is 18.3 Å². The number of carbonyl (C=O) groups excluding carboxylic acids is 1. The Morgan fingerprint density at radius 3 is 2.69 bits per heavy atom. The molecule has 7 nitrogen and oxygen atoms in total. The Balaban J connectivity index is 1.24. The summed E-state index contributed by atoms with van der Waals surface area (Å²) < 4.78 is 7.60. The first kappa shape index (κ1) is 21.9. The molecule has 7 heteroatoms. The molecule has 0 spiro atoms. The molecule has 0 aliphatic carbocycles. The quantitative estimate of drug-likeness (QED) is 0.498. The second kappa shape index (κ2) is 10.3. The fraction of sp³-hybridized carbons (Fsp3) is 0.360. The SMILES string of the molecule is CC1CCCN1CCCOc1ccc(-n2cc(NC(=O)Cc3ccc(O)cc3)cn2)cc1. The van der Waals surface area contributed by atoms with Gasteiger partial charge in [0.2, 0.25) is 5.91 Å². The molecule has 3 aromatic rings. The molecule has 1 aliphatic rings. The molecule has 0 bridgehead atoms. The summed E-state index contributed by atoms with van der Waals surface area (Å²) in [6.45, 7) is 5.31. The van der Waals surface area contributed by atoms with E-state index in [1.54, 1.807) is 41.3 Å². The van der Waals surface area contributed by atoms with E-state index in [4.69, 9.17) is 4.74 Å². The van der Waals surface area contributed by atoms with Gasteiger partial charge in [-0.05, 0) is 74.7 Å². The molecular formula is C25H30N4O3. The van der Waals surface area contributed by atoms with Crippen LogP contribution >= 0.6 is 0 Å². The number of phenolic OH excluding ortho intramolecular Hbond substituents is 1. The fourth-order valence-corrected chi connectivity index (χ4v) is 4.01. The molecule has 0 radical (unpaired) electrons. The monoisotopic (exact) mass is 434 g/mol. The first-order valence-electron chi connectivity index (χ1n) is 11.2. The van der Waals surface area contributed by atoms with Crippen LogP contribution < -0.4 is 10.1 Å². The van der Waals surface area contributed by atoms with Crippen LogP contribution in [0.5, 0.6) is 11.5 Å². The van der Waals surface area contributed by atoms with Crippen molar-refractivity contribution in [1.29, 1.82) is 0 Å². The van der Waals surface area contributed by atoms with E-state index in [2.05, 4.69) is 22.2 Å². The number of anilines is 1. The van der Waals surface area contributed by atoms with Gasteiger partial charge in [-0.1, -0.05) is 12.1 Å². The van der Waals surface area contributed by atoms with Gasteiger partial charge in [-0.2, -0.15) is 5.10 Å². The molecule has 1 amide bonds. The van der Waals surface area contributed by atoms with Gasteiger partial charge in [0.05, 0.1) is 36.8 Å². The highest BCUT2D eigenvalue weighted by Gasteiger charge is 2.19. The summed E-state index contributed by atoms with van der Waals surface area (Å²) in [6, 6.07) is 15.1. The Labute approximate surface area is 188 Å². The second-order valence-electron chi connectivity index (χ2n) is 8.29. The smallest absolute Gasteiger partial charge is 0.228 e. The van der Waals surface area contributed by atoms with E-state index >= 15 is 0 Å². The van der Waals surface area contributed by atoms with Crippen LogP contribution in [0, 0.1) is 0 Å². The lowest BCUT2D eigenvalue weighted by Crippen LogP contribution is -2.28. The number of hydrogen-bond acceptors (Lipinski definition) is 5. The zero-order valence-corrected chi connectivity index (χ0v) is 18.4. The summed E-state index contributed by atoms with van der Waals surface area (Å²) in [7, 11) is 0. The van der Waals surface area contributed by atoms with E-state index in [9.17, 15) is 9.90 Å². The average Bonchev–Trinajstić information content (AvgIpc) is 3.42. The van der Waals surface area contributed by atoms with Crippen molar-refractivity contribution in [1.82, 2.24) is 14.7 Å². The third kappa shape index (κ3) is 5.88. The zero-order chi connectivity index (χ0) is 22.3. The lowest BCUT2D eigenvalue weighted by molar-refractivity contribution is -0.115. The number of nitrogens with zero attached hydrogens (tertiary/aromatic N) is 3. The molecule has 4 rings (SSSR count). The Morgan fingerprint density at radius 2 is 1.97 bits per heavy atom. The van der Waals surface area contributed by atoms with Crippen LogP contribution in [0.15, 0.2) is 60.9 Å². The summed E-state index contributed by atoms with van der Waals surface area (Å²) >= 11 is 0. The highest BCUT2D eigenvalue weighted by molar-refractivity contribution is 5.92. The van der Waals surface area contributed by atoms with Crippen LogP contribution in [0.3, 0.4) is 0 Å². The first-order valence-corrected chi connectivity index (χ1v) is 11.2. The molecule has 1 unspecified atom stereocenters. The minimum absolute atomic E-state index is 0.137. The number of aromatic nitrogens is 2. The van der Waals surface area contributed by atoms with Crippen molar-refractivity contribution in [3.05, 3.63) is 66.5 Å². The van der Waals surface area contributed by atoms with Crippen LogP contribution in [0.2, 0.25) is 0 Å². The molecular weight excluding hydrogens is 404 g/mol. The van der Waals surface area contributed by atoms with Gasteiger partial charge in [-0.3, -0.25) is 4.79 Å². The van der Waals surface area contributed by atoms with Crippen molar-refractivity contribution in [3.8, 4) is 17.2 Å². The number of hydrogen-bond donors (Lipinski definition) is 2. The zero-order valence-electron chi connectivity index (χ0n) is 18.4. The molecule has 0 saturated carbocycles. The number of carbonyl (C=O) groups is 1. The molecule has 2 aromatic carbocycles. The predicted octanol–water partition coefficient (Wildman–Crippen LogP) is 4.01. The molecule has 1 aliphatic heterocycles. The predicted molar refractivity (Wildman–Crippen MR) is 124 cm³/mol. The van der Waals surface area contributed by atoms with Crippen LogP contribution in [-0.2, 0) is 11.2 Å². The maximum Gasteiger partial charge on any atom is 0.228 e. The van der Waals surface area contributed by atoms with Gasteiger partial charge in [0.15, 0.2) is 0 Å². The minimum Gasteiger partial charge on any atom is -0.508 e. The first-order chi connectivity index (χ1) is 15.6. The highest BCUT2D eigenvalue weighted by atomic mass is 16.5. The van der Waals surface area contributed by atoms with E-state index in [1.165, 1.54) is 19.4 Å². The summed E-state index contributed by atoms with van der Waals surface area (Å²) in [4.78, 5) is 14.8. The topological polar surface area (TPSA) is 79.6 Å². The van der Waals surface area contributed by atoms with Crippen molar-refractivity contribution >= 4 is 11.6 Å². The van der Waals surface area contributed by atoms with Crippen molar-refractivity contribution < 1.29 is 14.6 Å². The largest absolute Gasteiger partial charge is 0.508 e. The Kier molecular flexibility index (Phi) is 7.07. The lowest BCUT2D eigenvalue weighted by atomic mass is 10.1. The van der Waals surface area contributed by atoms with Gasteiger partial charge >= 0.3 is 0 Å². The number of phenols is 1. The third-order valence-corrected chi connectivity index (χ3v) is 5.82. The molecule has 1 atom stereocenters. The normalized spacial score (nSPS) is 16.2. The van der Waals surface area contributed by atoms with Gasteiger partial charge in [-0.15, -0.1) is 0 Å². The Bertz CT molecular complexity index is 1010. The number of rotatable bonds is 9. The van der Waals surface area contributed by atoms with E-state index in [-0.39, 0.29) is 18.1 Å². The number of likely N-dealkylation sites (tertiary alicyclic amines) is 1. The summed E-state index contributed by atoms with van der Waals surface area (Å²) in [5, 5.41) is 16.5. The highest BCUT2D eigenvalue weighted by Crippen LogP contribution is 2.19. The lowest BCUT2D eigenvalue weighted by Gasteiger charge is -2.20. The molecule has 32 heavy (non-hydrogen) atoms. The Morgan fingerprint density at radius 1 is 1.19 bits per heavy atom. The van der Waals surface area contributed by atoms with Gasteiger partial charge in [0.25, 0.3) is 0 Å². The van der Waals surface area contributed by atoms with Gasteiger partial charge in [0.1, 0.15) is 11.5 Å². The van der Waals surface area contributed by atoms with Crippen molar-refractivity contribution in [2.45, 2.75) is 38.6 Å².